The fourth-order valence-electron chi connectivity index (χ4n) is 1.67. The summed E-state index contributed by atoms with van der Waals surface area (Å²) in [5.74, 6) is -2.56. The highest BCUT2D eigenvalue weighted by Gasteiger charge is 2.42. The Morgan fingerprint density at radius 1 is 1.56 bits per heavy atom. The average Bonchev–Trinajstić information content (AvgIpc) is 2.19. The second kappa shape index (κ2) is 3.30. The van der Waals surface area contributed by atoms with Crippen LogP contribution < -0.4 is 0 Å². The quantitative estimate of drug-likeness (QED) is 0.732. The SMILES string of the molecule is C[C@]1(C(=O)O)Cc2ccc(F)cc2C(=O)O1. The van der Waals surface area contributed by atoms with Crippen LogP contribution in [-0.4, -0.2) is 22.6 Å². The highest BCUT2D eigenvalue weighted by atomic mass is 19.1. The predicted octanol–water partition coefficient (Wildman–Crippen LogP) is 1.38. The zero-order chi connectivity index (χ0) is 11.9. The molecule has 1 aliphatic heterocycles. The molecule has 0 spiro atoms. The summed E-state index contributed by atoms with van der Waals surface area (Å²) >= 11 is 0. The number of benzene rings is 1. The number of carboxylic acids is 1. The number of carbonyl (C=O) groups excluding carboxylic acids is 1. The molecule has 0 amide bonds. The van der Waals surface area contributed by atoms with Gasteiger partial charge in [-0.1, -0.05) is 6.07 Å². The number of hydrogen-bond acceptors (Lipinski definition) is 3. The maximum Gasteiger partial charge on any atom is 0.348 e. The van der Waals surface area contributed by atoms with Crippen molar-refractivity contribution in [2.24, 2.45) is 0 Å². The third-order valence-corrected chi connectivity index (χ3v) is 2.59. The molecule has 0 radical (unpaired) electrons. The van der Waals surface area contributed by atoms with Crippen LogP contribution in [0.15, 0.2) is 18.2 Å². The molecule has 1 aromatic carbocycles. The molecule has 2 rings (SSSR count). The summed E-state index contributed by atoms with van der Waals surface area (Å²) in [5.41, 5.74) is -0.983. The summed E-state index contributed by atoms with van der Waals surface area (Å²) < 4.78 is 17.7. The van der Waals surface area contributed by atoms with Crippen molar-refractivity contribution in [2.45, 2.75) is 18.9 Å². The van der Waals surface area contributed by atoms with Gasteiger partial charge in [-0.3, -0.25) is 0 Å². The van der Waals surface area contributed by atoms with Crippen molar-refractivity contribution in [1.82, 2.24) is 0 Å². The number of rotatable bonds is 1. The number of carboxylic acid groups (broad SMARTS) is 1. The molecule has 0 bridgehead atoms. The van der Waals surface area contributed by atoms with Crippen molar-refractivity contribution in [3.63, 3.8) is 0 Å². The standard InChI is InChI=1S/C11H9FO4/c1-11(10(14)15)5-6-2-3-7(12)4-8(6)9(13)16-11/h2-4H,5H2,1H3,(H,14,15)/t11-/m1/s1. The average molecular weight is 224 g/mol. The monoisotopic (exact) mass is 224 g/mol. The smallest absolute Gasteiger partial charge is 0.348 e. The maximum absolute atomic E-state index is 12.9. The van der Waals surface area contributed by atoms with Crippen molar-refractivity contribution in [2.75, 3.05) is 0 Å². The molecule has 1 heterocycles. The number of ether oxygens (including phenoxy) is 1. The Labute approximate surface area is 90.6 Å². The molecule has 1 aliphatic rings. The van der Waals surface area contributed by atoms with Gasteiger partial charge in [-0.15, -0.1) is 0 Å². The van der Waals surface area contributed by atoms with Gasteiger partial charge < -0.3 is 9.84 Å². The first-order chi connectivity index (χ1) is 7.42. The molecular formula is C11H9FO4. The molecule has 84 valence electrons. The van der Waals surface area contributed by atoms with Crippen LogP contribution in [0.4, 0.5) is 4.39 Å². The van der Waals surface area contributed by atoms with Crippen molar-refractivity contribution in [3.8, 4) is 0 Å². The van der Waals surface area contributed by atoms with E-state index in [1.807, 2.05) is 0 Å². The van der Waals surface area contributed by atoms with Crippen LogP contribution >= 0.6 is 0 Å². The van der Waals surface area contributed by atoms with E-state index in [1.165, 1.54) is 19.1 Å². The summed E-state index contributed by atoms with van der Waals surface area (Å²) in [5, 5.41) is 8.94. The number of carbonyl (C=O) groups is 2. The van der Waals surface area contributed by atoms with Crippen LogP contribution in [0, 0.1) is 5.82 Å². The second-order valence-corrected chi connectivity index (χ2v) is 3.90. The lowest BCUT2D eigenvalue weighted by atomic mass is 9.90. The summed E-state index contributed by atoms with van der Waals surface area (Å²) in [6, 6.07) is 3.66. The van der Waals surface area contributed by atoms with E-state index in [1.54, 1.807) is 0 Å². The first kappa shape index (κ1) is 10.6. The van der Waals surface area contributed by atoms with E-state index in [2.05, 4.69) is 0 Å². The van der Waals surface area contributed by atoms with Gasteiger partial charge in [-0.05, 0) is 24.6 Å². The number of halogens is 1. The van der Waals surface area contributed by atoms with Gasteiger partial charge in [0.15, 0.2) is 0 Å². The fraction of sp³-hybridized carbons (Fsp3) is 0.273. The molecule has 16 heavy (non-hydrogen) atoms. The van der Waals surface area contributed by atoms with Gasteiger partial charge in [0, 0.05) is 6.42 Å². The van der Waals surface area contributed by atoms with E-state index in [0.29, 0.717) is 5.56 Å². The number of esters is 1. The Morgan fingerprint density at radius 2 is 2.25 bits per heavy atom. The van der Waals surface area contributed by atoms with Gasteiger partial charge in [0.25, 0.3) is 0 Å². The molecule has 4 nitrogen and oxygen atoms in total. The summed E-state index contributed by atoms with van der Waals surface area (Å²) in [6.07, 6.45) is 0.0453. The summed E-state index contributed by atoms with van der Waals surface area (Å²) in [4.78, 5) is 22.5. The number of aliphatic carboxylic acids is 1. The molecule has 0 saturated carbocycles. The van der Waals surface area contributed by atoms with Crippen molar-refractivity contribution in [3.05, 3.63) is 35.1 Å². The largest absolute Gasteiger partial charge is 0.478 e. The molecule has 0 aromatic heterocycles. The van der Waals surface area contributed by atoms with Crippen LogP contribution in [0.2, 0.25) is 0 Å². The third-order valence-electron chi connectivity index (χ3n) is 2.59. The van der Waals surface area contributed by atoms with Crippen LogP contribution in [0.25, 0.3) is 0 Å². The van der Waals surface area contributed by atoms with Crippen LogP contribution in [0.1, 0.15) is 22.8 Å². The van der Waals surface area contributed by atoms with E-state index in [4.69, 9.17) is 9.84 Å². The second-order valence-electron chi connectivity index (χ2n) is 3.90. The van der Waals surface area contributed by atoms with Crippen molar-refractivity contribution >= 4 is 11.9 Å². The van der Waals surface area contributed by atoms with Gasteiger partial charge in [0.05, 0.1) is 5.56 Å². The molecule has 5 heteroatoms. The minimum Gasteiger partial charge on any atom is -0.478 e. The Balaban J connectivity index is 2.49. The lowest BCUT2D eigenvalue weighted by Gasteiger charge is -2.30. The molecule has 1 atom stereocenters. The van der Waals surface area contributed by atoms with Gasteiger partial charge in [-0.2, -0.15) is 0 Å². The number of cyclic esters (lactones) is 1. The highest BCUT2D eigenvalue weighted by Crippen LogP contribution is 2.28. The minimum atomic E-state index is -1.57. The Morgan fingerprint density at radius 3 is 2.88 bits per heavy atom. The van der Waals surface area contributed by atoms with E-state index in [0.717, 1.165) is 6.07 Å². The maximum atomic E-state index is 12.9. The Kier molecular flexibility index (Phi) is 2.18. The van der Waals surface area contributed by atoms with Gasteiger partial charge in [-0.25, -0.2) is 14.0 Å². The first-order valence-corrected chi connectivity index (χ1v) is 4.67. The van der Waals surface area contributed by atoms with Crippen LogP contribution in [0.3, 0.4) is 0 Å². The summed E-state index contributed by atoms with van der Waals surface area (Å²) in [6.45, 7) is 1.32. The number of fused-ring (bicyclic) bond motifs is 1. The van der Waals surface area contributed by atoms with Gasteiger partial charge in [0.1, 0.15) is 5.82 Å². The Bertz CT molecular complexity index is 483. The molecule has 0 unspecified atom stereocenters. The molecule has 0 aliphatic carbocycles. The first-order valence-electron chi connectivity index (χ1n) is 4.67. The van der Waals surface area contributed by atoms with E-state index in [-0.39, 0.29) is 12.0 Å². The van der Waals surface area contributed by atoms with Gasteiger partial charge in [0.2, 0.25) is 5.60 Å². The lowest BCUT2D eigenvalue weighted by molar-refractivity contribution is -0.158. The van der Waals surface area contributed by atoms with E-state index < -0.39 is 23.4 Å². The zero-order valence-corrected chi connectivity index (χ0v) is 8.49. The molecule has 1 N–H and O–H groups in total. The molecule has 0 fully saturated rings. The highest BCUT2D eigenvalue weighted by molar-refractivity contribution is 5.95. The molecule has 1 aromatic rings. The normalized spacial score (nSPS) is 23.5. The topological polar surface area (TPSA) is 63.6 Å². The predicted molar refractivity (Wildman–Crippen MR) is 51.6 cm³/mol. The van der Waals surface area contributed by atoms with Gasteiger partial charge >= 0.3 is 11.9 Å². The molecular weight excluding hydrogens is 215 g/mol. The van der Waals surface area contributed by atoms with E-state index in [9.17, 15) is 14.0 Å². The van der Waals surface area contributed by atoms with E-state index >= 15 is 0 Å². The van der Waals surface area contributed by atoms with Crippen molar-refractivity contribution < 1.29 is 23.8 Å². The van der Waals surface area contributed by atoms with Crippen LogP contribution in [0.5, 0.6) is 0 Å². The van der Waals surface area contributed by atoms with Crippen molar-refractivity contribution in [1.29, 1.82) is 0 Å². The lowest BCUT2D eigenvalue weighted by Crippen LogP contribution is -2.45. The molecule has 0 saturated heterocycles. The zero-order valence-electron chi connectivity index (χ0n) is 8.49. The third kappa shape index (κ3) is 1.54. The summed E-state index contributed by atoms with van der Waals surface area (Å²) in [7, 11) is 0. The fourth-order valence-corrected chi connectivity index (χ4v) is 1.67. The number of hydrogen-bond donors (Lipinski definition) is 1. The minimum absolute atomic E-state index is 0.0453. The Hall–Kier alpha value is -1.91. The van der Waals surface area contributed by atoms with Crippen LogP contribution in [-0.2, 0) is 16.0 Å².